The van der Waals surface area contributed by atoms with Gasteiger partial charge in [-0.2, -0.15) is 0 Å². The molecule has 0 aromatic rings. The van der Waals surface area contributed by atoms with Crippen molar-refractivity contribution in [1.82, 2.24) is 10.2 Å². The van der Waals surface area contributed by atoms with Crippen LogP contribution in [0.15, 0.2) is 4.99 Å². The molecule has 1 fully saturated rings. The van der Waals surface area contributed by atoms with Gasteiger partial charge < -0.3 is 10.2 Å². The third kappa shape index (κ3) is 5.94. The molecule has 0 spiro atoms. The Kier molecular flexibility index (Phi) is 7.06. The minimum Gasteiger partial charge on any atom is -0.357 e. The lowest BCUT2D eigenvalue weighted by atomic mass is 10.0. The van der Waals surface area contributed by atoms with Gasteiger partial charge in [0.05, 0.1) is 0 Å². The third-order valence-corrected chi connectivity index (χ3v) is 3.52. The van der Waals surface area contributed by atoms with Crippen LogP contribution in [0.25, 0.3) is 0 Å². The summed E-state index contributed by atoms with van der Waals surface area (Å²) < 4.78 is 0. The summed E-state index contributed by atoms with van der Waals surface area (Å²) in [5.41, 5.74) is 0. The van der Waals surface area contributed by atoms with Crippen LogP contribution in [0.3, 0.4) is 0 Å². The predicted molar refractivity (Wildman–Crippen MR) is 75.5 cm³/mol. The quantitative estimate of drug-likeness (QED) is 0.438. The molecule has 0 amide bonds. The van der Waals surface area contributed by atoms with Crippen molar-refractivity contribution in [3.8, 4) is 0 Å². The Morgan fingerprint density at radius 2 is 1.94 bits per heavy atom. The number of rotatable bonds is 6. The van der Waals surface area contributed by atoms with Crippen LogP contribution in [-0.2, 0) is 0 Å². The topological polar surface area (TPSA) is 27.6 Å². The van der Waals surface area contributed by atoms with Crippen molar-refractivity contribution in [1.29, 1.82) is 0 Å². The highest BCUT2D eigenvalue weighted by atomic mass is 15.3. The average Bonchev–Trinajstić information content (AvgIpc) is 2.80. The Balaban J connectivity index is 2.09. The van der Waals surface area contributed by atoms with E-state index in [2.05, 4.69) is 22.1 Å². The molecule has 1 saturated carbocycles. The minimum atomic E-state index is 0.944. The first-order valence-electron chi connectivity index (χ1n) is 7.19. The highest BCUT2D eigenvalue weighted by molar-refractivity contribution is 5.79. The summed E-state index contributed by atoms with van der Waals surface area (Å²) in [6, 6.07) is 0. The Hall–Kier alpha value is -0.730. The van der Waals surface area contributed by atoms with Gasteiger partial charge in [-0.25, -0.2) is 0 Å². The maximum atomic E-state index is 4.61. The normalized spacial score (nSPS) is 17.5. The minimum absolute atomic E-state index is 0.944. The zero-order chi connectivity index (χ0) is 12.5. The molecule has 17 heavy (non-hydrogen) atoms. The van der Waals surface area contributed by atoms with E-state index in [1.807, 2.05) is 14.1 Å². The summed E-state index contributed by atoms with van der Waals surface area (Å²) in [5.74, 6) is 2.05. The Morgan fingerprint density at radius 1 is 1.24 bits per heavy atom. The van der Waals surface area contributed by atoms with Crippen LogP contribution >= 0.6 is 0 Å². The second kappa shape index (κ2) is 8.37. The van der Waals surface area contributed by atoms with Gasteiger partial charge in [0.25, 0.3) is 0 Å². The van der Waals surface area contributed by atoms with Crippen LogP contribution in [-0.4, -0.2) is 38.0 Å². The van der Waals surface area contributed by atoms with Crippen molar-refractivity contribution in [3.05, 3.63) is 0 Å². The number of hydrogen-bond acceptors (Lipinski definition) is 1. The maximum absolute atomic E-state index is 4.61. The number of nitrogens with one attached hydrogen (secondary N) is 1. The molecule has 1 N–H and O–H groups in total. The SMILES string of the molecule is CCNC(=NCCCCC1CCCC1)N(C)C. The molecule has 0 unspecified atom stereocenters. The molecule has 3 nitrogen and oxygen atoms in total. The lowest BCUT2D eigenvalue weighted by Crippen LogP contribution is -2.36. The molecule has 1 aliphatic rings. The van der Waals surface area contributed by atoms with E-state index in [9.17, 15) is 0 Å². The van der Waals surface area contributed by atoms with Crippen LogP contribution in [0.4, 0.5) is 0 Å². The van der Waals surface area contributed by atoms with Crippen molar-refractivity contribution < 1.29 is 0 Å². The molecule has 0 radical (unpaired) electrons. The van der Waals surface area contributed by atoms with E-state index >= 15 is 0 Å². The van der Waals surface area contributed by atoms with Gasteiger partial charge in [-0.15, -0.1) is 0 Å². The molecule has 0 saturated heterocycles. The smallest absolute Gasteiger partial charge is 0.193 e. The van der Waals surface area contributed by atoms with Gasteiger partial charge in [0, 0.05) is 27.2 Å². The van der Waals surface area contributed by atoms with E-state index in [1.165, 1.54) is 44.9 Å². The van der Waals surface area contributed by atoms with Crippen molar-refractivity contribution in [2.75, 3.05) is 27.2 Å². The fourth-order valence-electron chi connectivity index (χ4n) is 2.54. The van der Waals surface area contributed by atoms with Gasteiger partial charge in [0.1, 0.15) is 0 Å². The van der Waals surface area contributed by atoms with E-state index in [-0.39, 0.29) is 0 Å². The second-order valence-electron chi connectivity index (χ2n) is 5.28. The van der Waals surface area contributed by atoms with Crippen molar-refractivity contribution in [2.45, 2.75) is 51.9 Å². The van der Waals surface area contributed by atoms with E-state index in [0.29, 0.717) is 0 Å². The fourth-order valence-corrected chi connectivity index (χ4v) is 2.54. The Labute approximate surface area is 107 Å². The molecule has 0 atom stereocenters. The zero-order valence-electron chi connectivity index (χ0n) is 11.8. The predicted octanol–water partition coefficient (Wildman–Crippen LogP) is 2.87. The van der Waals surface area contributed by atoms with Crippen LogP contribution < -0.4 is 5.32 Å². The lowest BCUT2D eigenvalue weighted by Gasteiger charge is -2.16. The summed E-state index contributed by atoms with van der Waals surface area (Å²) in [6.07, 6.45) is 9.89. The lowest BCUT2D eigenvalue weighted by molar-refractivity contribution is 0.475. The molecule has 0 aromatic heterocycles. The number of aliphatic imine (C=N–C) groups is 1. The van der Waals surface area contributed by atoms with E-state index in [1.54, 1.807) is 0 Å². The van der Waals surface area contributed by atoms with Crippen molar-refractivity contribution >= 4 is 5.96 Å². The zero-order valence-corrected chi connectivity index (χ0v) is 11.8. The molecule has 3 heteroatoms. The van der Waals surface area contributed by atoms with Gasteiger partial charge in [-0.05, 0) is 19.3 Å². The summed E-state index contributed by atoms with van der Waals surface area (Å²) in [5, 5.41) is 3.29. The summed E-state index contributed by atoms with van der Waals surface area (Å²) in [6.45, 7) is 4.02. The maximum Gasteiger partial charge on any atom is 0.193 e. The van der Waals surface area contributed by atoms with Gasteiger partial charge in [-0.1, -0.05) is 38.5 Å². The molecule has 1 rings (SSSR count). The summed E-state index contributed by atoms with van der Waals surface area (Å²) in [7, 11) is 4.08. The summed E-state index contributed by atoms with van der Waals surface area (Å²) >= 11 is 0. The third-order valence-electron chi connectivity index (χ3n) is 3.52. The molecule has 0 aliphatic heterocycles. The molecule has 0 bridgehead atoms. The van der Waals surface area contributed by atoms with Crippen molar-refractivity contribution in [3.63, 3.8) is 0 Å². The van der Waals surface area contributed by atoms with Gasteiger partial charge >= 0.3 is 0 Å². The summed E-state index contributed by atoms with van der Waals surface area (Å²) in [4.78, 5) is 6.66. The standard InChI is InChI=1S/C14H29N3/c1-4-15-14(17(2)3)16-12-8-7-11-13-9-5-6-10-13/h13H,4-12H2,1-3H3,(H,15,16). The average molecular weight is 239 g/mol. The van der Waals surface area contributed by atoms with Gasteiger partial charge in [-0.3, -0.25) is 4.99 Å². The van der Waals surface area contributed by atoms with Crippen molar-refractivity contribution in [2.24, 2.45) is 10.9 Å². The first kappa shape index (κ1) is 14.3. The van der Waals surface area contributed by atoms with E-state index in [0.717, 1.165) is 25.0 Å². The number of unbranched alkanes of at least 4 members (excludes halogenated alkanes) is 1. The van der Waals surface area contributed by atoms with E-state index in [4.69, 9.17) is 0 Å². The molecule has 100 valence electrons. The van der Waals surface area contributed by atoms with Gasteiger partial charge in [0.15, 0.2) is 5.96 Å². The van der Waals surface area contributed by atoms with Crippen LogP contribution in [0.5, 0.6) is 0 Å². The largest absolute Gasteiger partial charge is 0.357 e. The number of nitrogens with zero attached hydrogens (tertiary/aromatic N) is 2. The molecule has 0 heterocycles. The fraction of sp³-hybridized carbons (Fsp3) is 0.929. The van der Waals surface area contributed by atoms with E-state index < -0.39 is 0 Å². The second-order valence-corrected chi connectivity index (χ2v) is 5.28. The molecule has 1 aliphatic carbocycles. The molecular formula is C14H29N3. The molecule has 0 aromatic carbocycles. The van der Waals surface area contributed by atoms with Gasteiger partial charge in [0.2, 0.25) is 0 Å². The highest BCUT2D eigenvalue weighted by Crippen LogP contribution is 2.28. The number of guanidine groups is 1. The van der Waals surface area contributed by atoms with Crippen LogP contribution in [0.2, 0.25) is 0 Å². The first-order chi connectivity index (χ1) is 8.24. The Bertz CT molecular complexity index is 218. The highest BCUT2D eigenvalue weighted by Gasteiger charge is 2.13. The molecular weight excluding hydrogens is 210 g/mol. The van der Waals surface area contributed by atoms with Crippen LogP contribution in [0.1, 0.15) is 51.9 Å². The first-order valence-corrected chi connectivity index (χ1v) is 7.19. The monoisotopic (exact) mass is 239 g/mol. The van der Waals surface area contributed by atoms with Crippen LogP contribution in [0, 0.1) is 5.92 Å². The Morgan fingerprint density at radius 3 is 2.53 bits per heavy atom. The number of hydrogen-bond donors (Lipinski definition) is 1.